The lowest BCUT2D eigenvalue weighted by Crippen LogP contribution is -2.35. The molecule has 3 N–H and O–H groups in total. The highest BCUT2D eigenvalue weighted by molar-refractivity contribution is 7.09. The molecule has 1 aliphatic rings. The summed E-state index contributed by atoms with van der Waals surface area (Å²) in [4.78, 5) is 17.0. The van der Waals surface area contributed by atoms with Crippen molar-refractivity contribution < 1.29 is 9.53 Å². The van der Waals surface area contributed by atoms with Gasteiger partial charge >= 0.3 is 0 Å². The van der Waals surface area contributed by atoms with E-state index in [0.29, 0.717) is 13.1 Å². The maximum absolute atomic E-state index is 11.8. The van der Waals surface area contributed by atoms with Crippen molar-refractivity contribution in [3.8, 4) is 0 Å². The molecule has 2 unspecified atom stereocenters. The summed E-state index contributed by atoms with van der Waals surface area (Å²) in [7, 11) is 0. The van der Waals surface area contributed by atoms with Crippen LogP contribution in [-0.4, -0.2) is 29.6 Å². The van der Waals surface area contributed by atoms with Gasteiger partial charge in [0.2, 0.25) is 5.91 Å². The Bertz CT molecular complexity index is 394. The number of aryl methyl sites for hydroxylation is 1. The average Bonchev–Trinajstić information content (AvgIpc) is 2.94. The molecule has 0 spiro atoms. The number of thiazole rings is 1. The second-order valence-corrected chi connectivity index (χ2v) is 5.08. The molecule has 0 aliphatic carbocycles. The van der Waals surface area contributed by atoms with Crippen LogP contribution in [0.4, 0.5) is 0 Å². The highest BCUT2D eigenvalue weighted by Gasteiger charge is 2.29. The van der Waals surface area contributed by atoms with Gasteiger partial charge in [0.15, 0.2) is 0 Å². The minimum atomic E-state index is -0.336. The predicted octanol–water partition coefficient (Wildman–Crippen LogP) is 0.574. The van der Waals surface area contributed by atoms with E-state index in [-0.39, 0.29) is 18.1 Å². The molecule has 1 aromatic heterocycles. The summed E-state index contributed by atoms with van der Waals surface area (Å²) in [6.45, 7) is 2.95. The van der Waals surface area contributed by atoms with Crippen LogP contribution in [0.3, 0.4) is 0 Å². The molecule has 1 aliphatic heterocycles. The van der Waals surface area contributed by atoms with Crippen LogP contribution in [0.1, 0.15) is 23.4 Å². The van der Waals surface area contributed by atoms with E-state index in [2.05, 4.69) is 10.3 Å². The van der Waals surface area contributed by atoms with Crippen LogP contribution >= 0.6 is 11.3 Å². The fourth-order valence-electron chi connectivity index (χ4n) is 1.85. The Hall–Kier alpha value is -0.980. The molecule has 2 atom stereocenters. The Balaban J connectivity index is 1.80. The SMILES string of the molecule is Cc1ncsc1CNC(=O)C1CCC(CN)O1. The number of nitrogens with zero attached hydrogens (tertiary/aromatic N) is 1. The molecule has 0 aromatic carbocycles. The van der Waals surface area contributed by atoms with Crippen LogP contribution in [0.25, 0.3) is 0 Å². The molecule has 0 radical (unpaired) electrons. The van der Waals surface area contributed by atoms with Crippen LogP contribution in [0.2, 0.25) is 0 Å². The van der Waals surface area contributed by atoms with Gasteiger partial charge in [0.05, 0.1) is 23.9 Å². The maximum atomic E-state index is 11.8. The van der Waals surface area contributed by atoms with Gasteiger partial charge in [0.25, 0.3) is 0 Å². The summed E-state index contributed by atoms with van der Waals surface area (Å²) in [5, 5.41) is 2.88. The quantitative estimate of drug-likeness (QED) is 0.825. The van der Waals surface area contributed by atoms with Gasteiger partial charge in [0.1, 0.15) is 6.10 Å². The third kappa shape index (κ3) is 3.02. The monoisotopic (exact) mass is 255 g/mol. The van der Waals surface area contributed by atoms with Gasteiger partial charge in [-0.25, -0.2) is 4.98 Å². The summed E-state index contributed by atoms with van der Waals surface area (Å²) in [5.41, 5.74) is 8.26. The van der Waals surface area contributed by atoms with Gasteiger partial charge in [-0.15, -0.1) is 11.3 Å². The molecule has 0 bridgehead atoms. The normalized spacial score (nSPS) is 23.9. The lowest BCUT2D eigenvalue weighted by molar-refractivity contribution is -0.132. The van der Waals surface area contributed by atoms with E-state index in [0.717, 1.165) is 23.4 Å². The first kappa shape index (κ1) is 12.5. The van der Waals surface area contributed by atoms with E-state index >= 15 is 0 Å². The number of nitrogens with two attached hydrogens (primary N) is 1. The number of amides is 1. The zero-order chi connectivity index (χ0) is 12.3. The zero-order valence-corrected chi connectivity index (χ0v) is 10.6. The van der Waals surface area contributed by atoms with Gasteiger partial charge in [0, 0.05) is 11.4 Å². The second-order valence-electron chi connectivity index (χ2n) is 4.14. The summed E-state index contributed by atoms with van der Waals surface area (Å²) < 4.78 is 5.52. The van der Waals surface area contributed by atoms with E-state index in [1.54, 1.807) is 16.8 Å². The van der Waals surface area contributed by atoms with E-state index in [1.807, 2.05) is 6.92 Å². The van der Waals surface area contributed by atoms with Crippen LogP contribution in [0, 0.1) is 6.92 Å². The number of hydrogen-bond acceptors (Lipinski definition) is 5. The minimum absolute atomic E-state index is 0.0379. The predicted molar refractivity (Wildman–Crippen MR) is 65.6 cm³/mol. The zero-order valence-electron chi connectivity index (χ0n) is 9.81. The molecular weight excluding hydrogens is 238 g/mol. The summed E-state index contributed by atoms with van der Waals surface area (Å²) >= 11 is 1.55. The maximum Gasteiger partial charge on any atom is 0.249 e. The molecule has 1 fully saturated rings. The van der Waals surface area contributed by atoms with Gasteiger partial charge in [-0.1, -0.05) is 0 Å². The van der Waals surface area contributed by atoms with Crippen molar-refractivity contribution in [2.45, 2.75) is 38.5 Å². The standard InChI is InChI=1S/C11H17N3O2S/c1-7-10(17-6-14-7)5-13-11(15)9-3-2-8(4-12)16-9/h6,8-9H,2-5,12H2,1H3,(H,13,15). The first-order chi connectivity index (χ1) is 8.20. The van der Waals surface area contributed by atoms with Crippen molar-refractivity contribution in [2.24, 2.45) is 5.73 Å². The highest BCUT2D eigenvalue weighted by Crippen LogP contribution is 2.19. The van der Waals surface area contributed by atoms with Crippen molar-refractivity contribution in [2.75, 3.05) is 6.54 Å². The molecule has 1 aromatic rings. The molecule has 2 heterocycles. The van der Waals surface area contributed by atoms with Gasteiger partial charge in [-0.05, 0) is 19.8 Å². The van der Waals surface area contributed by atoms with E-state index < -0.39 is 0 Å². The van der Waals surface area contributed by atoms with Crippen LogP contribution in [0.5, 0.6) is 0 Å². The topological polar surface area (TPSA) is 77.2 Å². The summed E-state index contributed by atoms with van der Waals surface area (Å²) in [6, 6.07) is 0. The van der Waals surface area contributed by atoms with Gasteiger partial charge in [-0.3, -0.25) is 4.79 Å². The number of rotatable bonds is 4. The fraction of sp³-hybridized carbons (Fsp3) is 0.636. The van der Waals surface area contributed by atoms with Crippen LogP contribution < -0.4 is 11.1 Å². The van der Waals surface area contributed by atoms with Crippen LogP contribution in [-0.2, 0) is 16.1 Å². The van der Waals surface area contributed by atoms with E-state index in [9.17, 15) is 4.79 Å². The largest absolute Gasteiger partial charge is 0.364 e. The summed E-state index contributed by atoms with van der Waals surface area (Å²) in [6.07, 6.45) is 1.33. The number of carbonyl (C=O) groups is 1. The number of nitrogens with one attached hydrogen (secondary N) is 1. The lowest BCUT2D eigenvalue weighted by atomic mass is 10.2. The third-order valence-electron chi connectivity index (χ3n) is 2.93. The molecule has 0 saturated carbocycles. The number of hydrogen-bond donors (Lipinski definition) is 2. The Morgan fingerprint density at radius 1 is 1.71 bits per heavy atom. The Morgan fingerprint density at radius 3 is 3.12 bits per heavy atom. The molecule has 2 rings (SSSR count). The number of carbonyl (C=O) groups excluding carboxylic acids is 1. The average molecular weight is 255 g/mol. The summed E-state index contributed by atoms with van der Waals surface area (Å²) in [5.74, 6) is -0.0475. The molecule has 1 amide bonds. The second kappa shape index (κ2) is 5.57. The van der Waals surface area contributed by atoms with Crippen molar-refractivity contribution in [3.05, 3.63) is 16.1 Å². The fourth-order valence-corrected chi connectivity index (χ4v) is 2.57. The van der Waals surface area contributed by atoms with Gasteiger partial charge < -0.3 is 15.8 Å². The molecule has 17 heavy (non-hydrogen) atoms. The van der Waals surface area contributed by atoms with Crippen molar-refractivity contribution in [1.29, 1.82) is 0 Å². The molecule has 6 heteroatoms. The first-order valence-corrected chi connectivity index (χ1v) is 6.61. The Kier molecular flexibility index (Phi) is 4.09. The van der Waals surface area contributed by atoms with E-state index in [4.69, 9.17) is 10.5 Å². The van der Waals surface area contributed by atoms with Crippen molar-refractivity contribution in [1.82, 2.24) is 10.3 Å². The van der Waals surface area contributed by atoms with Crippen molar-refractivity contribution >= 4 is 17.2 Å². The smallest absolute Gasteiger partial charge is 0.249 e. The number of ether oxygens (including phenoxy) is 1. The Labute approximate surface area is 104 Å². The van der Waals surface area contributed by atoms with Crippen LogP contribution in [0.15, 0.2) is 5.51 Å². The molecule has 1 saturated heterocycles. The minimum Gasteiger partial charge on any atom is -0.364 e. The van der Waals surface area contributed by atoms with E-state index in [1.165, 1.54) is 0 Å². The molecular formula is C11H17N3O2S. The Morgan fingerprint density at radius 2 is 2.53 bits per heavy atom. The first-order valence-electron chi connectivity index (χ1n) is 5.73. The molecule has 5 nitrogen and oxygen atoms in total. The number of aromatic nitrogens is 1. The van der Waals surface area contributed by atoms with Crippen molar-refractivity contribution in [3.63, 3.8) is 0 Å². The highest BCUT2D eigenvalue weighted by atomic mass is 32.1. The molecule has 94 valence electrons. The van der Waals surface area contributed by atoms with Gasteiger partial charge in [-0.2, -0.15) is 0 Å². The third-order valence-corrected chi connectivity index (χ3v) is 3.87. The lowest BCUT2D eigenvalue weighted by Gasteiger charge is -2.12.